The van der Waals surface area contributed by atoms with Gasteiger partial charge in [0.2, 0.25) is 0 Å². The highest BCUT2D eigenvalue weighted by Gasteiger charge is 2.23. The van der Waals surface area contributed by atoms with Crippen molar-refractivity contribution in [1.29, 1.82) is 0 Å². The van der Waals surface area contributed by atoms with Gasteiger partial charge in [0.1, 0.15) is 11.3 Å². The number of rotatable bonds is 5. The maximum Gasteiger partial charge on any atom is 0.387 e. The molecular formula is C13H15F2NO4. The fraction of sp³-hybridized carbons (Fsp3) is 0.385. The van der Waals surface area contributed by atoms with Crippen LogP contribution in [0, 0.1) is 0 Å². The SMILES string of the molecule is CC(OC(=O)c1ccccc1OC(F)F)C(=O)N(C)C. The van der Waals surface area contributed by atoms with Crippen molar-refractivity contribution in [2.75, 3.05) is 14.1 Å². The second kappa shape index (κ2) is 6.83. The second-order valence-corrected chi connectivity index (χ2v) is 4.15. The zero-order valence-corrected chi connectivity index (χ0v) is 11.3. The van der Waals surface area contributed by atoms with Gasteiger partial charge in [-0.15, -0.1) is 0 Å². The molecule has 1 amide bonds. The second-order valence-electron chi connectivity index (χ2n) is 4.15. The number of carbonyl (C=O) groups is 2. The van der Waals surface area contributed by atoms with Crippen LogP contribution < -0.4 is 4.74 Å². The molecule has 1 rings (SSSR count). The molecule has 0 saturated heterocycles. The molecule has 0 bridgehead atoms. The van der Waals surface area contributed by atoms with Crippen molar-refractivity contribution < 1.29 is 27.8 Å². The average Bonchev–Trinajstić information content (AvgIpc) is 2.37. The van der Waals surface area contributed by atoms with Gasteiger partial charge in [-0.3, -0.25) is 4.79 Å². The Morgan fingerprint density at radius 1 is 1.20 bits per heavy atom. The summed E-state index contributed by atoms with van der Waals surface area (Å²) in [5, 5.41) is 0. The molecule has 0 radical (unpaired) electrons. The van der Waals surface area contributed by atoms with Crippen LogP contribution in [0.3, 0.4) is 0 Å². The first-order chi connectivity index (χ1) is 9.32. The van der Waals surface area contributed by atoms with Crippen LogP contribution in [0.25, 0.3) is 0 Å². The number of benzene rings is 1. The van der Waals surface area contributed by atoms with Gasteiger partial charge in [0.25, 0.3) is 5.91 Å². The largest absolute Gasteiger partial charge is 0.449 e. The summed E-state index contributed by atoms with van der Waals surface area (Å²) in [4.78, 5) is 24.7. The maximum atomic E-state index is 12.2. The Kier molecular flexibility index (Phi) is 5.42. The highest BCUT2D eigenvalue weighted by Crippen LogP contribution is 2.21. The van der Waals surface area contributed by atoms with Gasteiger partial charge in [-0.2, -0.15) is 8.78 Å². The van der Waals surface area contributed by atoms with Crippen LogP contribution >= 0.6 is 0 Å². The van der Waals surface area contributed by atoms with Crippen LogP contribution in [0.15, 0.2) is 24.3 Å². The molecule has 7 heteroatoms. The van der Waals surface area contributed by atoms with Gasteiger partial charge >= 0.3 is 12.6 Å². The molecule has 0 aromatic heterocycles. The third kappa shape index (κ3) is 4.18. The number of halogens is 2. The van der Waals surface area contributed by atoms with Crippen LogP contribution in [-0.4, -0.2) is 43.6 Å². The Balaban J connectivity index is 2.85. The smallest absolute Gasteiger partial charge is 0.387 e. The van der Waals surface area contributed by atoms with E-state index < -0.39 is 24.6 Å². The number of ether oxygens (including phenoxy) is 2. The summed E-state index contributed by atoms with van der Waals surface area (Å²) in [7, 11) is 3.03. The van der Waals surface area contributed by atoms with Crippen LogP contribution in [0.2, 0.25) is 0 Å². The molecule has 20 heavy (non-hydrogen) atoms. The summed E-state index contributed by atoms with van der Waals surface area (Å²) in [5.41, 5.74) is -0.161. The summed E-state index contributed by atoms with van der Waals surface area (Å²) >= 11 is 0. The molecule has 0 aliphatic rings. The van der Waals surface area contributed by atoms with E-state index in [4.69, 9.17) is 4.74 Å². The Morgan fingerprint density at radius 2 is 1.80 bits per heavy atom. The van der Waals surface area contributed by atoms with Gasteiger partial charge in [-0.1, -0.05) is 12.1 Å². The fourth-order valence-corrected chi connectivity index (χ4v) is 1.47. The highest BCUT2D eigenvalue weighted by molar-refractivity contribution is 5.94. The van der Waals surface area contributed by atoms with E-state index in [1.807, 2.05) is 0 Å². The van der Waals surface area contributed by atoms with Crippen molar-refractivity contribution in [3.8, 4) is 5.75 Å². The molecule has 0 fully saturated rings. The molecule has 0 aliphatic heterocycles. The standard InChI is InChI=1S/C13H15F2NO4/c1-8(11(17)16(2)3)19-12(18)9-6-4-5-7-10(9)20-13(14)15/h4-8,13H,1-3H3. The minimum atomic E-state index is -3.05. The van der Waals surface area contributed by atoms with Crippen LogP contribution in [-0.2, 0) is 9.53 Å². The van der Waals surface area contributed by atoms with E-state index in [-0.39, 0.29) is 11.3 Å². The van der Waals surface area contributed by atoms with Crippen molar-refractivity contribution in [3.05, 3.63) is 29.8 Å². The van der Waals surface area contributed by atoms with E-state index in [9.17, 15) is 18.4 Å². The number of likely N-dealkylation sites (N-methyl/N-ethyl adjacent to an activating group) is 1. The molecule has 0 N–H and O–H groups in total. The Morgan fingerprint density at radius 3 is 2.35 bits per heavy atom. The third-order valence-electron chi connectivity index (χ3n) is 2.40. The van der Waals surface area contributed by atoms with Crippen molar-refractivity contribution in [3.63, 3.8) is 0 Å². The van der Waals surface area contributed by atoms with Crippen molar-refractivity contribution >= 4 is 11.9 Å². The minimum absolute atomic E-state index is 0.161. The van der Waals surface area contributed by atoms with E-state index in [0.29, 0.717) is 0 Å². The van der Waals surface area contributed by atoms with Crippen molar-refractivity contribution in [2.45, 2.75) is 19.6 Å². The molecule has 1 aromatic carbocycles. The molecule has 0 saturated carbocycles. The minimum Gasteiger partial charge on any atom is -0.449 e. The van der Waals surface area contributed by atoms with Gasteiger partial charge < -0.3 is 14.4 Å². The quantitative estimate of drug-likeness (QED) is 0.776. The number of hydrogen-bond donors (Lipinski definition) is 0. The Hall–Kier alpha value is -2.18. The lowest BCUT2D eigenvalue weighted by molar-refractivity contribution is -0.137. The van der Waals surface area contributed by atoms with E-state index in [1.54, 1.807) is 0 Å². The highest BCUT2D eigenvalue weighted by atomic mass is 19.3. The summed E-state index contributed by atoms with van der Waals surface area (Å²) < 4.78 is 33.6. The third-order valence-corrected chi connectivity index (χ3v) is 2.40. The first kappa shape index (κ1) is 15.9. The van der Waals surface area contributed by atoms with E-state index in [0.717, 1.165) is 0 Å². The number of carbonyl (C=O) groups excluding carboxylic acids is 2. The first-order valence-corrected chi connectivity index (χ1v) is 5.79. The maximum absolute atomic E-state index is 12.2. The lowest BCUT2D eigenvalue weighted by atomic mass is 10.2. The zero-order chi connectivity index (χ0) is 15.3. The predicted molar refractivity (Wildman–Crippen MR) is 66.6 cm³/mol. The lowest BCUT2D eigenvalue weighted by Crippen LogP contribution is -2.35. The van der Waals surface area contributed by atoms with Gasteiger partial charge in [0.15, 0.2) is 6.10 Å². The molecule has 1 unspecified atom stereocenters. The summed E-state index contributed by atoms with van der Waals surface area (Å²) in [6.07, 6.45) is -1.02. The van der Waals surface area contributed by atoms with Crippen LogP contribution in [0.1, 0.15) is 17.3 Å². The molecule has 1 aromatic rings. The van der Waals surface area contributed by atoms with Crippen molar-refractivity contribution in [1.82, 2.24) is 4.90 Å². The number of hydrogen-bond acceptors (Lipinski definition) is 4. The number of nitrogens with zero attached hydrogens (tertiary/aromatic N) is 1. The number of alkyl halides is 2. The lowest BCUT2D eigenvalue weighted by Gasteiger charge is -2.18. The summed E-state index contributed by atoms with van der Waals surface area (Å²) in [5.74, 6) is -1.61. The molecule has 110 valence electrons. The molecule has 0 heterocycles. The van der Waals surface area contributed by atoms with Crippen LogP contribution in [0.5, 0.6) is 5.75 Å². The number of esters is 1. The van der Waals surface area contributed by atoms with Gasteiger partial charge in [0.05, 0.1) is 0 Å². The molecule has 0 spiro atoms. The van der Waals surface area contributed by atoms with E-state index in [1.165, 1.54) is 50.2 Å². The number of amides is 1. The summed E-state index contributed by atoms with van der Waals surface area (Å²) in [6, 6.07) is 5.43. The van der Waals surface area contributed by atoms with Gasteiger partial charge in [-0.05, 0) is 19.1 Å². The normalized spacial score (nSPS) is 11.9. The Labute approximate surface area is 115 Å². The van der Waals surface area contributed by atoms with Gasteiger partial charge in [-0.25, -0.2) is 4.79 Å². The van der Waals surface area contributed by atoms with Crippen LogP contribution in [0.4, 0.5) is 8.78 Å². The molecule has 0 aliphatic carbocycles. The van der Waals surface area contributed by atoms with E-state index >= 15 is 0 Å². The Bertz CT molecular complexity index is 491. The average molecular weight is 287 g/mol. The monoisotopic (exact) mass is 287 g/mol. The molecule has 5 nitrogen and oxygen atoms in total. The van der Waals surface area contributed by atoms with Crippen molar-refractivity contribution in [2.24, 2.45) is 0 Å². The van der Waals surface area contributed by atoms with E-state index in [2.05, 4.69) is 4.74 Å². The fourth-order valence-electron chi connectivity index (χ4n) is 1.47. The first-order valence-electron chi connectivity index (χ1n) is 5.79. The molecule has 1 atom stereocenters. The van der Waals surface area contributed by atoms with Gasteiger partial charge in [0, 0.05) is 14.1 Å². The predicted octanol–water partition coefficient (Wildman–Crippen LogP) is 1.92. The number of para-hydroxylation sites is 1. The molecular weight excluding hydrogens is 272 g/mol. The zero-order valence-electron chi connectivity index (χ0n) is 11.3. The topological polar surface area (TPSA) is 55.8 Å². The summed E-state index contributed by atoms with van der Waals surface area (Å²) in [6.45, 7) is -1.65.